The van der Waals surface area contributed by atoms with E-state index in [4.69, 9.17) is 49.5 Å². The van der Waals surface area contributed by atoms with E-state index in [9.17, 15) is 50.2 Å². The number of sulfonamides is 2. The third-order valence-corrected chi connectivity index (χ3v) is 16.9. The molecule has 6 rings (SSSR count). The SMILES string of the molecule is CC(C)CN(C[C@@H](OP(=O)(O)O)[C@H](Cc1ccccc1)NC(=O)O[C@H]1CCOC1)S(=O)(=O)c1ccc(N)cc1.CC(C)CN(C[C@@H](OP(C)(=O)[O-])[C@H](Cc1ccccc1)NC(=O)O[C@H]1CCOC1)S(=O)(=O)c1ccc(N)cc1.O=COO.[H-].[Na+].[Na+]. The predicted molar refractivity (Wildman–Crippen MR) is 301 cm³/mol. The number of phosphoric acid groups is 1. The van der Waals surface area contributed by atoms with Crippen molar-refractivity contribution in [3.05, 3.63) is 120 Å². The van der Waals surface area contributed by atoms with E-state index in [0.717, 1.165) is 22.1 Å². The van der Waals surface area contributed by atoms with Gasteiger partial charge in [0.05, 0.1) is 54.4 Å². The molecule has 4 aromatic rings. The van der Waals surface area contributed by atoms with E-state index < -0.39 is 90.7 Å². The van der Waals surface area contributed by atoms with Crippen LogP contribution in [0.2, 0.25) is 0 Å². The first kappa shape index (κ1) is 76.5. The molecule has 2 aliphatic heterocycles. The second-order valence-corrected chi connectivity index (χ2v) is 26.8. The van der Waals surface area contributed by atoms with Crippen LogP contribution < -0.4 is 86.1 Å². The standard InChI is InChI=1S/C26H38N3O8PS.C25H36N3O9PS.CH2O3.2Na.H/c1-19(2)16-29(39(33,34)23-11-9-21(27)10-12-23)17-25(37-38(3,31)32)24(15-20-7-5-4-6-8-20)28-26(30)36-22-13-14-35-18-22;1-18(2)15-28(39(33,34)22-10-8-20(26)9-11-22)16-24(37-38(30,31)32)23(14-19-6-4-3-5-7-19)27-25(29)36-21-12-13-35-17-21;2-1-4-3;;;/h4-12,19,22,24-25H,13-18,27H2,1-3H3,(H,28,30)(H,31,32);3-11,18,21,23-24H,12-17,26H2,1-2H3,(H,27,29)(H2,30,31,32);1,3H;;;/q;;;2*+1;-1/p-1/t22-,24-,25+;21-,23-,24+;;;;/m00..../s1. The molecule has 0 saturated carbocycles. The van der Waals surface area contributed by atoms with Crippen molar-refractivity contribution in [3.63, 3.8) is 0 Å². The van der Waals surface area contributed by atoms with Gasteiger partial charge in [0.2, 0.25) is 20.0 Å². The minimum atomic E-state index is -5.12. The number of ether oxygens (including phenoxy) is 4. The van der Waals surface area contributed by atoms with Crippen LogP contribution in [0.5, 0.6) is 0 Å². The molecule has 2 saturated heterocycles. The number of hydrogen-bond acceptors (Lipinski definition) is 20. The van der Waals surface area contributed by atoms with Gasteiger partial charge in [-0.15, -0.1) is 0 Å². The molecule has 0 bridgehead atoms. The molecule has 4 aromatic carbocycles. The molecule has 7 atom stereocenters. The quantitative estimate of drug-likeness (QED) is 0.00707. The third kappa shape index (κ3) is 28.1. The summed E-state index contributed by atoms with van der Waals surface area (Å²) in [6.07, 6.45) is -3.89. The van der Waals surface area contributed by atoms with Crippen LogP contribution in [0.1, 0.15) is 53.1 Å². The molecule has 0 aliphatic carbocycles. The Morgan fingerprint density at radius 1 is 0.667 bits per heavy atom. The molecule has 2 aliphatic rings. The monoisotopic (exact) mass is 1280 g/mol. The van der Waals surface area contributed by atoms with Gasteiger partial charge in [-0.3, -0.25) is 9.32 Å². The summed E-state index contributed by atoms with van der Waals surface area (Å²) >= 11 is 0. The number of nitrogens with one attached hydrogen (secondary N) is 2. The Kier molecular flexibility index (Phi) is 34.0. The number of nitrogens with zero attached hydrogens (tertiary/aromatic N) is 2. The zero-order chi connectivity index (χ0) is 60.7. The summed E-state index contributed by atoms with van der Waals surface area (Å²) in [7, 11) is -17.7. The third-order valence-electron chi connectivity index (χ3n) is 12.0. The molecular formula is C52H76N6Na2O20P2S2. The van der Waals surface area contributed by atoms with Crippen molar-refractivity contribution >= 4 is 65.5 Å². The number of nitrogen functional groups attached to an aromatic ring is 2. The molecular weight excluding hydrogens is 1200 g/mol. The average molecular weight is 1280 g/mol. The molecule has 9 N–H and O–H groups in total. The van der Waals surface area contributed by atoms with E-state index in [1.165, 1.54) is 52.8 Å². The maximum Gasteiger partial charge on any atom is 1.00 e. The van der Waals surface area contributed by atoms with E-state index in [2.05, 4.69) is 15.5 Å². The van der Waals surface area contributed by atoms with Crippen LogP contribution in [0.15, 0.2) is 119 Å². The summed E-state index contributed by atoms with van der Waals surface area (Å²) in [5.74, 6) is -0.236. The minimum absolute atomic E-state index is 0. The maximum absolute atomic E-state index is 13.7. The molecule has 2 heterocycles. The fourth-order valence-corrected chi connectivity index (χ4v) is 12.9. The van der Waals surface area contributed by atoms with Crippen molar-refractivity contribution < 1.29 is 154 Å². The number of anilines is 2. The summed E-state index contributed by atoms with van der Waals surface area (Å²) in [5.41, 5.74) is 13.8. The van der Waals surface area contributed by atoms with E-state index in [-0.39, 0.29) is 134 Å². The van der Waals surface area contributed by atoms with Gasteiger partial charge in [-0.2, -0.15) is 8.61 Å². The molecule has 1 unspecified atom stereocenters. The molecule has 32 heteroatoms. The Labute approximate surface area is 536 Å². The van der Waals surface area contributed by atoms with Crippen LogP contribution in [-0.2, 0) is 79.7 Å². The van der Waals surface area contributed by atoms with E-state index in [1.54, 1.807) is 30.3 Å². The fourth-order valence-electron chi connectivity index (χ4n) is 8.40. The molecule has 2 amide bonds. The fraction of sp³-hybridized carbons (Fsp3) is 0.481. The zero-order valence-electron chi connectivity index (χ0n) is 49.1. The molecule has 84 heavy (non-hydrogen) atoms. The number of amides is 2. The maximum atomic E-state index is 13.7. The number of alkyl carbamates (subject to hydrolysis) is 2. The van der Waals surface area contributed by atoms with Gasteiger partial charge in [-0.25, -0.2) is 36.2 Å². The molecule has 0 spiro atoms. The van der Waals surface area contributed by atoms with Gasteiger partial charge in [0.25, 0.3) is 0 Å². The van der Waals surface area contributed by atoms with Gasteiger partial charge in [-0.1, -0.05) is 88.4 Å². The van der Waals surface area contributed by atoms with Crippen molar-refractivity contribution in [2.75, 3.05) is 70.7 Å². The Hall–Kier alpha value is -3.55. The van der Waals surface area contributed by atoms with Crippen LogP contribution >= 0.6 is 15.4 Å². The smallest absolute Gasteiger partial charge is 1.00 e. The molecule has 458 valence electrons. The Morgan fingerprint density at radius 2 is 1.01 bits per heavy atom. The van der Waals surface area contributed by atoms with Crippen LogP contribution in [0, 0.1) is 11.8 Å². The minimum Gasteiger partial charge on any atom is -1.00 e. The van der Waals surface area contributed by atoms with Crippen LogP contribution in [0.4, 0.5) is 21.0 Å². The number of carbonyl (C=O) groups excluding carboxylic acids is 3. The normalized spacial score (nSPS) is 17.3. The van der Waals surface area contributed by atoms with E-state index in [0.29, 0.717) is 37.4 Å². The first-order valence-corrected chi connectivity index (χ1v) is 32.3. The molecule has 2 fully saturated rings. The number of hydrogen-bond donors (Lipinski definition) is 7. The Bertz CT molecular complexity index is 2720. The first-order valence-electron chi connectivity index (χ1n) is 25.9. The van der Waals surface area contributed by atoms with Gasteiger partial charge >= 0.3 is 85.6 Å². The summed E-state index contributed by atoms with van der Waals surface area (Å²) in [5, 5.41) is 12.4. The van der Waals surface area contributed by atoms with Crippen molar-refractivity contribution in [1.82, 2.24) is 19.2 Å². The Balaban J connectivity index is 0.000000773. The number of rotatable bonds is 27. The second-order valence-electron chi connectivity index (χ2n) is 20.0. The summed E-state index contributed by atoms with van der Waals surface area (Å²) in [6, 6.07) is 27.4. The molecule has 26 nitrogen and oxygen atoms in total. The summed E-state index contributed by atoms with van der Waals surface area (Å²) < 4.78 is 113. The largest absolute Gasteiger partial charge is 1.00 e. The van der Waals surface area contributed by atoms with Gasteiger partial charge in [0.15, 0.2) is 0 Å². The van der Waals surface area contributed by atoms with Crippen LogP contribution in [0.25, 0.3) is 0 Å². The van der Waals surface area contributed by atoms with E-state index in [1.807, 2.05) is 58.0 Å². The van der Waals surface area contributed by atoms with E-state index >= 15 is 0 Å². The number of benzene rings is 4. The Morgan fingerprint density at radius 3 is 1.30 bits per heavy atom. The van der Waals surface area contributed by atoms with Crippen LogP contribution in [0.3, 0.4) is 0 Å². The van der Waals surface area contributed by atoms with Crippen molar-refractivity contribution in [2.24, 2.45) is 11.8 Å². The number of phosphoric ester groups is 1. The second kappa shape index (κ2) is 37.3. The topological polar surface area (TPSA) is 385 Å². The van der Waals surface area contributed by atoms with Gasteiger partial charge < -0.3 is 71.1 Å². The summed E-state index contributed by atoms with van der Waals surface area (Å²) in [6.45, 7) is 8.89. The van der Waals surface area contributed by atoms with Gasteiger partial charge in [-0.05, 0) is 84.3 Å². The predicted octanol–water partition coefficient (Wildman–Crippen LogP) is -1.12. The molecule has 0 radical (unpaired) electrons. The number of nitrogens with two attached hydrogens (primary N) is 2. The van der Waals surface area contributed by atoms with Crippen molar-refractivity contribution in [3.8, 4) is 0 Å². The van der Waals surface area contributed by atoms with Gasteiger partial charge in [0.1, 0.15) is 25.9 Å². The van der Waals surface area contributed by atoms with Crippen LogP contribution in [-0.4, -0.2) is 155 Å². The summed E-state index contributed by atoms with van der Waals surface area (Å²) in [4.78, 5) is 69.1. The van der Waals surface area contributed by atoms with Crippen molar-refractivity contribution in [1.29, 1.82) is 0 Å². The first-order chi connectivity index (χ1) is 38.6. The number of carbonyl (C=O) groups is 3. The van der Waals surface area contributed by atoms with Gasteiger partial charge in [0, 0.05) is 57.1 Å². The average Bonchev–Trinajstić information content (AvgIpc) is 2.97. The van der Waals surface area contributed by atoms with Crippen molar-refractivity contribution in [2.45, 2.75) is 99.7 Å². The zero-order valence-corrected chi connectivity index (χ0v) is 55.5. The molecule has 0 aromatic heterocycles.